The molecule has 0 radical (unpaired) electrons. The van der Waals surface area contributed by atoms with Gasteiger partial charge in [0.05, 0.1) is 125 Å². The molecule has 14 heterocycles. The zero-order chi connectivity index (χ0) is 67.9. The van der Waals surface area contributed by atoms with Crippen LogP contribution >= 0.6 is 0 Å². The van der Waals surface area contributed by atoms with E-state index in [0.717, 1.165) is 144 Å². The van der Waals surface area contributed by atoms with Crippen molar-refractivity contribution in [1.82, 2.24) is 79.7 Å². The van der Waals surface area contributed by atoms with Crippen LogP contribution in [-0.4, -0.2) is 92.8 Å². The van der Waals surface area contributed by atoms with Crippen molar-refractivity contribution >= 4 is 87.7 Å². The molecule has 0 amide bonds. The zero-order valence-electron chi connectivity index (χ0n) is 54.3. The number of fused-ring (bicyclic) bond motifs is 14. The minimum atomic E-state index is 0. The summed E-state index contributed by atoms with van der Waals surface area (Å²) in [7, 11) is 0. The van der Waals surface area contributed by atoms with E-state index in [1.54, 1.807) is 74.4 Å². The number of nitrogens with zero attached hydrogens (tertiary/aromatic N) is 16. The van der Waals surface area contributed by atoms with Gasteiger partial charge in [-0.1, -0.05) is 72.2 Å². The van der Waals surface area contributed by atoms with Gasteiger partial charge in [0.1, 0.15) is 0 Å². The molecule has 0 bridgehead atoms. The number of hydrogen-bond acceptors (Lipinski definition) is 18. The Labute approximate surface area is 612 Å². The Hall–Kier alpha value is -12.8. The van der Waals surface area contributed by atoms with E-state index in [-0.39, 0.29) is 39.0 Å². The van der Waals surface area contributed by atoms with Crippen molar-refractivity contribution in [3.8, 4) is 69.2 Å². The summed E-state index contributed by atoms with van der Waals surface area (Å²) in [6.07, 6.45) is 21.2. The molecule has 102 heavy (non-hydrogen) atoms. The number of aromatic nitrogens is 16. The summed E-state index contributed by atoms with van der Waals surface area (Å²) in [4.78, 5) is 71.1. The predicted molar refractivity (Wildman–Crippen MR) is 397 cm³/mol. The average Bonchev–Trinajstić information content (AvgIpc) is 0.744. The van der Waals surface area contributed by atoms with Crippen molar-refractivity contribution in [3.05, 3.63) is 316 Å². The van der Waals surface area contributed by atoms with Gasteiger partial charge >= 0.3 is 0 Å². The molecule has 0 fully saturated rings. The van der Waals surface area contributed by atoms with Crippen molar-refractivity contribution in [2.45, 2.75) is 0 Å². The van der Waals surface area contributed by atoms with Crippen LogP contribution in [0.15, 0.2) is 305 Å². The minimum absolute atomic E-state index is 0. The first-order valence-corrected chi connectivity index (χ1v) is 31.7. The molecule has 0 spiro atoms. The molecule has 0 aliphatic carbocycles. The summed E-state index contributed by atoms with van der Waals surface area (Å²) in [6.45, 7) is 0.660. The quantitative estimate of drug-likeness (QED) is 0.0718. The Bertz CT molecular complexity index is 5230. The molecule has 4 aromatic carbocycles. The first-order chi connectivity index (χ1) is 49.6. The molecule has 18 aromatic rings. The summed E-state index contributed by atoms with van der Waals surface area (Å²) in [6, 6.07) is 73.7. The molecule has 0 saturated heterocycles. The molecule has 0 aliphatic heterocycles. The van der Waals surface area contributed by atoms with Crippen molar-refractivity contribution in [2.75, 3.05) is 13.1 Å². The first-order valence-electron chi connectivity index (χ1n) is 31.7. The van der Waals surface area contributed by atoms with Crippen LogP contribution in [0.4, 0.5) is 0 Å². The number of pyridine rings is 12. The minimum Gasteiger partial charge on any atom is -0.320 e. The van der Waals surface area contributed by atoms with E-state index in [1.165, 1.54) is 0 Å². The van der Waals surface area contributed by atoms with Gasteiger partial charge in [0.15, 0.2) is 0 Å². The normalized spacial score (nSPS) is 10.2. The fraction of sp³-hybridized carbons (Fsp3) is 0.0244. The van der Waals surface area contributed by atoms with E-state index in [4.69, 9.17) is 31.4 Å². The van der Waals surface area contributed by atoms with Gasteiger partial charge in [-0.3, -0.25) is 59.8 Å². The number of hydrogen-bond donors (Lipinski definition) is 2. The molecule has 14 aromatic heterocycles. The van der Waals surface area contributed by atoms with E-state index in [2.05, 4.69) is 83.5 Å². The molecular weight excluding hydrogens is 1440 g/mol. The van der Waals surface area contributed by atoms with Gasteiger partial charge in [0, 0.05) is 146 Å². The van der Waals surface area contributed by atoms with Gasteiger partial charge in [-0.05, 0) is 182 Å². The van der Waals surface area contributed by atoms with Gasteiger partial charge < -0.3 is 11.5 Å². The number of rotatable bonds is 4. The van der Waals surface area contributed by atoms with E-state index in [1.807, 2.05) is 231 Å². The zero-order valence-corrected chi connectivity index (χ0v) is 57.8. The molecule has 18 rings (SSSR count). The van der Waals surface area contributed by atoms with E-state index in [9.17, 15) is 0 Å². The van der Waals surface area contributed by atoms with Crippen LogP contribution < -0.4 is 11.5 Å². The fourth-order valence-corrected chi connectivity index (χ4v) is 10.6. The second-order valence-corrected chi connectivity index (χ2v) is 21.6. The van der Waals surface area contributed by atoms with Crippen LogP contribution in [0.1, 0.15) is 11.1 Å². The maximum Gasteiger partial charge on any atom is 0.0996 e. The molecule has 20 heteroatoms. The average molecular weight is 1500 g/mol. The van der Waals surface area contributed by atoms with Crippen LogP contribution in [0.25, 0.3) is 133 Å². The van der Waals surface area contributed by atoms with Gasteiger partial charge in [0.25, 0.3) is 0 Å². The molecule has 0 aliphatic rings. The van der Waals surface area contributed by atoms with Crippen LogP contribution in [0.2, 0.25) is 0 Å². The van der Waals surface area contributed by atoms with Crippen LogP contribution in [0, 0.1) is 23.7 Å². The van der Waals surface area contributed by atoms with Gasteiger partial charge in [0.2, 0.25) is 0 Å². The third kappa shape index (κ3) is 17.4. The predicted octanol–water partition coefficient (Wildman–Crippen LogP) is 14.9. The Morgan fingerprint density at radius 3 is 0.637 bits per heavy atom. The van der Waals surface area contributed by atoms with Gasteiger partial charge in [-0.15, -0.1) is 0 Å². The molecule has 0 saturated carbocycles. The van der Waals surface area contributed by atoms with E-state index < -0.39 is 0 Å². The van der Waals surface area contributed by atoms with Gasteiger partial charge in [-0.25, -0.2) is 19.9 Å². The van der Waals surface area contributed by atoms with Crippen LogP contribution in [-0.2, 0) is 39.0 Å². The summed E-state index contributed by atoms with van der Waals surface area (Å²) in [5, 5.41) is 3.80. The van der Waals surface area contributed by atoms with Crippen molar-refractivity contribution < 1.29 is 39.0 Å². The van der Waals surface area contributed by atoms with Crippen molar-refractivity contribution in [3.63, 3.8) is 0 Å². The molecular formula is C82H58N18Ru2. The Morgan fingerprint density at radius 2 is 0.431 bits per heavy atom. The molecule has 18 nitrogen and oxygen atoms in total. The maximum atomic E-state index is 5.46. The van der Waals surface area contributed by atoms with Crippen LogP contribution in [0.5, 0.6) is 0 Å². The smallest absolute Gasteiger partial charge is 0.0996 e. The Balaban J connectivity index is 0.000000128. The van der Waals surface area contributed by atoms with Crippen LogP contribution in [0.3, 0.4) is 0 Å². The summed E-state index contributed by atoms with van der Waals surface area (Å²) in [5.41, 5.74) is 29.9. The first kappa shape index (κ1) is 70.5. The summed E-state index contributed by atoms with van der Waals surface area (Å²) >= 11 is 0. The molecule has 0 atom stereocenters. The third-order valence-electron chi connectivity index (χ3n) is 15.1. The second-order valence-electron chi connectivity index (χ2n) is 21.6. The summed E-state index contributed by atoms with van der Waals surface area (Å²) in [5.74, 6) is 11.8. The monoisotopic (exact) mass is 1500 g/mol. The maximum absolute atomic E-state index is 5.46. The SMILES string of the molecule is NCC#Cc1ccc2nc3c4cccnc4c4ncccc4c3nc2c1.NCC#Cc1ccc2nc3c4cccnc4c4ncccc4c3nc2c1.[Ru].[Ru].c1ccc(-c2ccccn2)nc1.c1ccc(-c2ccccn2)nc1.c1ccc(-c2ccccn2)nc1.c1ccc(-c2ccccn2)nc1. The topological polar surface area (TPSA) is 258 Å². The van der Waals surface area contributed by atoms with Crippen molar-refractivity contribution in [1.29, 1.82) is 0 Å². The molecule has 0 unspecified atom stereocenters. The number of benzene rings is 4. The largest absolute Gasteiger partial charge is 0.320 e. The molecule has 4 N–H and O–H groups in total. The third-order valence-corrected chi connectivity index (χ3v) is 15.1. The van der Waals surface area contributed by atoms with Crippen molar-refractivity contribution in [2.24, 2.45) is 11.5 Å². The fourth-order valence-electron chi connectivity index (χ4n) is 10.6. The Kier molecular flexibility index (Phi) is 24.6. The summed E-state index contributed by atoms with van der Waals surface area (Å²) < 4.78 is 0. The Morgan fingerprint density at radius 1 is 0.216 bits per heavy atom. The number of nitrogens with two attached hydrogens (primary N) is 2. The van der Waals surface area contributed by atoms with E-state index >= 15 is 0 Å². The van der Waals surface area contributed by atoms with E-state index in [0.29, 0.717) is 13.1 Å². The standard InChI is InChI=1S/2C21H13N5.4C10H8N2.2Ru/c2*22-9-1-4-13-7-8-16-17(12-13)26-21-15-6-3-11-24-19(15)18-14(20(21)25-16)5-2-10-23-18;4*1-3-7-11-9(5-1)10-6-2-4-8-12-10;;/h2*2-3,5-8,10-12H,9,22H2;4*1-8H;;. The second kappa shape index (κ2) is 35.6. The van der Waals surface area contributed by atoms with Gasteiger partial charge in [-0.2, -0.15) is 0 Å². The molecule has 492 valence electrons.